The van der Waals surface area contributed by atoms with Crippen LogP contribution in [0.3, 0.4) is 0 Å². The molecule has 0 aliphatic carbocycles. The van der Waals surface area contributed by atoms with Gasteiger partial charge in [-0.25, -0.2) is 0 Å². The quantitative estimate of drug-likeness (QED) is 0.130. The first kappa shape index (κ1) is 32.6. The smallest absolute Gasteiger partial charge is 0.140 e. The van der Waals surface area contributed by atoms with Gasteiger partial charge in [0.05, 0.1) is 21.5 Å². The Morgan fingerprint density at radius 1 is 0.721 bits per heavy atom. The van der Waals surface area contributed by atoms with Crippen LogP contribution in [0.4, 0.5) is 0 Å². The van der Waals surface area contributed by atoms with E-state index in [1.54, 1.807) is 0 Å². The summed E-state index contributed by atoms with van der Waals surface area (Å²) in [6.07, 6.45) is 12.5. The van der Waals surface area contributed by atoms with E-state index in [0.29, 0.717) is 11.8 Å². The van der Waals surface area contributed by atoms with Gasteiger partial charge in [-0.2, -0.15) is 8.75 Å². The van der Waals surface area contributed by atoms with Crippen LogP contribution in [0.5, 0.6) is 5.75 Å². The summed E-state index contributed by atoms with van der Waals surface area (Å²) in [7, 11) is 0. The molecule has 0 saturated heterocycles. The van der Waals surface area contributed by atoms with E-state index in [1.807, 2.05) is 22.7 Å². The first-order valence-corrected chi connectivity index (χ1v) is 19.1. The minimum atomic E-state index is -0.284. The number of benzene rings is 1. The summed E-state index contributed by atoms with van der Waals surface area (Å²) in [4.78, 5) is 5.36. The van der Waals surface area contributed by atoms with Gasteiger partial charge >= 0.3 is 0 Å². The highest BCUT2D eigenvalue weighted by Gasteiger charge is 2.43. The van der Waals surface area contributed by atoms with E-state index in [-0.39, 0.29) is 5.60 Å². The fourth-order valence-electron chi connectivity index (χ4n) is 6.70. The van der Waals surface area contributed by atoms with Crippen molar-refractivity contribution in [1.29, 1.82) is 0 Å². The molecule has 4 heterocycles. The van der Waals surface area contributed by atoms with Crippen molar-refractivity contribution in [2.75, 3.05) is 0 Å². The molecule has 2 unspecified atom stereocenters. The monoisotopic (exact) mass is 636 g/mol. The number of hydrogen-bond acceptors (Lipinski definition) is 6. The topological polar surface area (TPSA) is 35.0 Å². The molecule has 3 nitrogen and oxygen atoms in total. The van der Waals surface area contributed by atoms with Crippen LogP contribution in [-0.2, 0) is 5.60 Å². The highest BCUT2D eigenvalue weighted by atomic mass is 32.1. The Morgan fingerprint density at radius 2 is 1.35 bits per heavy atom. The number of thiophene rings is 2. The largest absolute Gasteiger partial charge is 0.481 e. The maximum absolute atomic E-state index is 7.29. The van der Waals surface area contributed by atoms with Gasteiger partial charge in [0, 0.05) is 20.9 Å². The van der Waals surface area contributed by atoms with Crippen LogP contribution in [0.2, 0.25) is 0 Å². The average molecular weight is 637 g/mol. The van der Waals surface area contributed by atoms with Crippen molar-refractivity contribution in [3.63, 3.8) is 0 Å². The normalized spacial score (nSPS) is 17.8. The van der Waals surface area contributed by atoms with Crippen LogP contribution in [0, 0.1) is 37.5 Å². The van der Waals surface area contributed by atoms with Crippen LogP contribution in [0.15, 0.2) is 24.3 Å². The van der Waals surface area contributed by atoms with Crippen LogP contribution >= 0.6 is 34.4 Å². The number of aryl methyl sites for hydroxylation is 2. The van der Waals surface area contributed by atoms with Crippen LogP contribution in [-0.4, -0.2) is 8.75 Å². The van der Waals surface area contributed by atoms with Gasteiger partial charge in [0.15, 0.2) is 0 Å². The Bertz CT molecular complexity index is 1470. The van der Waals surface area contributed by atoms with Crippen molar-refractivity contribution < 1.29 is 4.74 Å². The van der Waals surface area contributed by atoms with Crippen LogP contribution < -0.4 is 4.74 Å². The predicted molar refractivity (Wildman–Crippen MR) is 190 cm³/mol. The van der Waals surface area contributed by atoms with Gasteiger partial charge in [0.1, 0.15) is 22.4 Å². The van der Waals surface area contributed by atoms with Gasteiger partial charge in [0.2, 0.25) is 0 Å². The molecule has 0 bridgehead atoms. The van der Waals surface area contributed by atoms with E-state index in [2.05, 4.69) is 84.0 Å². The number of rotatable bonds is 15. The third-order valence-electron chi connectivity index (χ3n) is 9.48. The summed E-state index contributed by atoms with van der Waals surface area (Å²) in [5.74, 6) is 4.07. The summed E-state index contributed by atoms with van der Waals surface area (Å²) < 4.78 is 16.7. The summed E-state index contributed by atoms with van der Waals surface area (Å²) >= 11 is 5.15. The van der Waals surface area contributed by atoms with Crippen molar-refractivity contribution in [2.24, 2.45) is 23.7 Å². The Hall–Kier alpha value is -1.76. The summed E-state index contributed by atoms with van der Waals surface area (Å²) in [6, 6.07) is 9.24. The summed E-state index contributed by atoms with van der Waals surface area (Å²) in [5, 5.41) is 0. The predicted octanol–water partition coefficient (Wildman–Crippen LogP) is 12.8. The third-order valence-corrected chi connectivity index (χ3v) is 12.4. The van der Waals surface area contributed by atoms with Gasteiger partial charge in [-0.05, 0) is 80.9 Å². The molecule has 0 N–H and O–H groups in total. The Kier molecular flexibility index (Phi) is 10.7. The van der Waals surface area contributed by atoms with Gasteiger partial charge in [-0.1, -0.05) is 92.2 Å². The lowest BCUT2D eigenvalue weighted by Crippen LogP contribution is -2.36. The third kappa shape index (κ3) is 7.56. The second kappa shape index (κ2) is 14.1. The number of ether oxygens (including phenoxy) is 1. The first-order chi connectivity index (χ1) is 20.6. The number of fused-ring (bicyclic) bond motifs is 4. The molecule has 4 aromatic rings. The van der Waals surface area contributed by atoms with E-state index in [0.717, 1.165) is 41.5 Å². The minimum absolute atomic E-state index is 0.284. The van der Waals surface area contributed by atoms with Crippen molar-refractivity contribution in [3.8, 4) is 25.9 Å². The standard InChI is InChI=1S/C37H52N2OS3/c1-23(2)11-9-13-25(5)17-19-37(20-18-26(6)14-10-12-24(3)4)30-22-32(29-16-15-27(7)33-34(29)39-43-38-33)42-35(30)36-31(40-37)21-28(8)41-36/h15-16,21-26H,9-14,17-20H2,1-8H3. The zero-order valence-corrected chi connectivity index (χ0v) is 30.2. The minimum Gasteiger partial charge on any atom is -0.481 e. The molecule has 1 aliphatic rings. The summed E-state index contributed by atoms with van der Waals surface area (Å²) in [6.45, 7) is 18.7. The van der Waals surface area contributed by atoms with E-state index in [1.165, 1.54) is 99.3 Å². The van der Waals surface area contributed by atoms with Gasteiger partial charge < -0.3 is 4.74 Å². The Labute approximate surface area is 272 Å². The van der Waals surface area contributed by atoms with Crippen LogP contribution in [0.25, 0.3) is 31.2 Å². The maximum Gasteiger partial charge on any atom is 0.140 e. The van der Waals surface area contributed by atoms with Crippen molar-refractivity contribution in [2.45, 2.75) is 125 Å². The molecule has 5 rings (SSSR count). The van der Waals surface area contributed by atoms with Gasteiger partial charge in [0.25, 0.3) is 0 Å². The van der Waals surface area contributed by atoms with E-state index < -0.39 is 0 Å². The molecule has 43 heavy (non-hydrogen) atoms. The molecule has 234 valence electrons. The van der Waals surface area contributed by atoms with E-state index in [9.17, 15) is 0 Å². The zero-order valence-electron chi connectivity index (χ0n) is 27.7. The number of aromatic nitrogens is 2. The summed E-state index contributed by atoms with van der Waals surface area (Å²) in [5.41, 5.74) is 5.61. The van der Waals surface area contributed by atoms with Gasteiger partial charge in [-0.15, -0.1) is 22.7 Å². The number of nitrogens with zero attached hydrogens (tertiary/aromatic N) is 2. The Balaban J connectivity index is 1.50. The molecule has 1 aliphatic heterocycles. The van der Waals surface area contributed by atoms with Crippen molar-refractivity contribution in [1.82, 2.24) is 8.75 Å². The SMILES string of the molecule is Cc1cc2c(s1)-c1sc(-c3ccc(C)c4nsnc34)cc1C(CCC(C)CCCC(C)C)(CCC(C)CCCC(C)C)O2. The fraction of sp³-hybridized carbons (Fsp3) is 0.622. The lowest BCUT2D eigenvalue weighted by atomic mass is 9.78. The molecule has 0 saturated carbocycles. The number of hydrogen-bond donors (Lipinski definition) is 0. The second-order valence-corrected chi connectivity index (χ2v) is 17.2. The van der Waals surface area contributed by atoms with Crippen molar-refractivity contribution >= 4 is 45.4 Å². The Morgan fingerprint density at radius 3 is 1.98 bits per heavy atom. The lowest BCUT2D eigenvalue weighted by molar-refractivity contribution is 0.0323. The van der Waals surface area contributed by atoms with Crippen LogP contribution in [0.1, 0.15) is 122 Å². The van der Waals surface area contributed by atoms with E-state index >= 15 is 0 Å². The molecule has 0 amide bonds. The molecule has 2 atom stereocenters. The van der Waals surface area contributed by atoms with E-state index in [4.69, 9.17) is 9.11 Å². The lowest BCUT2D eigenvalue weighted by Gasteiger charge is -2.39. The van der Waals surface area contributed by atoms with Crippen molar-refractivity contribution in [3.05, 3.63) is 40.3 Å². The first-order valence-electron chi connectivity index (χ1n) is 16.7. The molecule has 0 spiro atoms. The molecule has 0 radical (unpaired) electrons. The molecule has 6 heteroatoms. The second-order valence-electron chi connectivity index (χ2n) is 14.3. The highest BCUT2D eigenvalue weighted by Crippen LogP contribution is 2.57. The molecular weight excluding hydrogens is 585 g/mol. The average Bonchev–Trinajstić information content (AvgIpc) is 3.69. The molecule has 3 aromatic heterocycles. The molecule has 0 fully saturated rings. The molecule has 1 aromatic carbocycles. The highest BCUT2D eigenvalue weighted by molar-refractivity contribution is 7.24. The maximum atomic E-state index is 7.29. The fourth-order valence-corrected chi connectivity index (χ4v) is 9.68. The zero-order chi connectivity index (χ0) is 30.7. The van der Waals surface area contributed by atoms with Gasteiger partial charge in [-0.3, -0.25) is 0 Å². The molecular formula is C37H52N2OS3.